The summed E-state index contributed by atoms with van der Waals surface area (Å²) >= 11 is 0. The normalized spacial score (nSPS) is 15.9. The number of ether oxygens (including phenoxy) is 1. The van der Waals surface area contributed by atoms with Crippen LogP contribution < -0.4 is 16.5 Å². The lowest BCUT2D eigenvalue weighted by molar-refractivity contribution is -0.139. The zero-order chi connectivity index (χ0) is 21.0. The molecule has 2 aromatic rings. The van der Waals surface area contributed by atoms with E-state index in [-0.39, 0.29) is 18.1 Å². The highest BCUT2D eigenvalue weighted by Crippen LogP contribution is 2.29. The molecule has 0 bridgehead atoms. The number of amides is 1. The number of nitrogens with two attached hydrogens (primary N) is 1. The number of anilines is 1. The molecule has 9 nitrogen and oxygen atoms in total. The molecule has 1 aliphatic heterocycles. The summed E-state index contributed by atoms with van der Waals surface area (Å²) in [6.45, 7) is 0.279. The second-order valence-corrected chi connectivity index (χ2v) is 6.44. The molecular formula is C20H20N5O4-. The van der Waals surface area contributed by atoms with Gasteiger partial charge in [-0.3, -0.25) is 10.2 Å². The molecule has 0 fully saturated rings. The van der Waals surface area contributed by atoms with Gasteiger partial charge in [-0.1, -0.05) is 30.3 Å². The van der Waals surface area contributed by atoms with Gasteiger partial charge in [-0.15, -0.1) is 0 Å². The molecule has 29 heavy (non-hydrogen) atoms. The lowest BCUT2D eigenvalue weighted by Gasteiger charge is -2.34. The molecule has 0 aliphatic carbocycles. The predicted octanol–water partition coefficient (Wildman–Crippen LogP) is 1.57. The third-order valence-corrected chi connectivity index (χ3v) is 4.49. The number of carbonyl (C=O) groups is 2. The fourth-order valence-electron chi connectivity index (χ4n) is 3.10. The second-order valence-electron chi connectivity index (χ2n) is 6.44. The molecule has 9 heteroatoms. The third kappa shape index (κ3) is 4.36. The first-order valence-electron chi connectivity index (χ1n) is 8.71. The van der Waals surface area contributed by atoms with E-state index in [9.17, 15) is 14.8 Å². The van der Waals surface area contributed by atoms with Gasteiger partial charge in [-0.05, 0) is 29.3 Å². The van der Waals surface area contributed by atoms with Gasteiger partial charge in [-0.2, -0.15) is 0 Å². The quantitative estimate of drug-likeness (QED) is 0.252. The molecule has 5 N–H and O–H groups in total. The van der Waals surface area contributed by atoms with Crippen LogP contribution in [0, 0.1) is 10.6 Å². The minimum atomic E-state index is -0.731. The first kappa shape index (κ1) is 19.9. The molecule has 0 saturated heterocycles. The Morgan fingerprint density at radius 2 is 2.03 bits per heavy atom. The summed E-state index contributed by atoms with van der Waals surface area (Å²) in [7, 11) is 1.23. The Kier molecular flexibility index (Phi) is 5.79. The fourth-order valence-corrected chi connectivity index (χ4v) is 3.10. The van der Waals surface area contributed by atoms with Crippen molar-refractivity contribution in [2.24, 2.45) is 5.73 Å². The van der Waals surface area contributed by atoms with Crippen molar-refractivity contribution in [2.45, 2.75) is 12.6 Å². The molecule has 1 aliphatic rings. The summed E-state index contributed by atoms with van der Waals surface area (Å²) in [5.41, 5.74) is 9.76. The topological polar surface area (TPSA) is 144 Å². The van der Waals surface area contributed by atoms with Crippen molar-refractivity contribution >= 4 is 23.4 Å². The molecule has 0 spiro atoms. The Bertz CT molecular complexity index is 971. The van der Waals surface area contributed by atoms with Crippen LogP contribution in [0.5, 0.6) is 0 Å². The van der Waals surface area contributed by atoms with Gasteiger partial charge >= 0.3 is 5.97 Å². The standard InChI is InChI=1S/C20H20N5O4/c1-29-20(27)16-11-25(10-12-3-2-4-14(9-12)18(21)22)17(19(26)23-16)13-5-7-15(24-28)8-6-13/h2-9,11,17,24H,10H2,1H3,(H3,21,22)(H,23,26)/q-1. The summed E-state index contributed by atoms with van der Waals surface area (Å²) in [5.74, 6) is -1.13. The smallest absolute Gasteiger partial charge is 0.356 e. The van der Waals surface area contributed by atoms with E-state index in [1.165, 1.54) is 13.3 Å². The Morgan fingerprint density at radius 3 is 2.66 bits per heavy atom. The number of carbonyl (C=O) groups excluding carboxylic acids is 2. The van der Waals surface area contributed by atoms with E-state index in [4.69, 9.17) is 15.9 Å². The Morgan fingerprint density at radius 1 is 1.31 bits per heavy atom. The van der Waals surface area contributed by atoms with Crippen LogP contribution in [0.1, 0.15) is 22.7 Å². The lowest BCUT2D eigenvalue weighted by Crippen LogP contribution is -2.44. The van der Waals surface area contributed by atoms with Crippen LogP contribution in [0.4, 0.5) is 5.69 Å². The van der Waals surface area contributed by atoms with Crippen molar-refractivity contribution in [3.05, 3.63) is 82.3 Å². The average molecular weight is 394 g/mol. The number of hydrogen-bond acceptors (Lipinski definition) is 7. The summed E-state index contributed by atoms with van der Waals surface area (Å²) in [6, 6.07) is 12.8. The van der Waals surface area contributed by atoms with E-state index in [1.807, 2.05) is 6.07 Å². The molecule has 0 aromatic heterocycles. The molecule has 150 valence electrons. The van der Waals surface area contributed by atoms with E-state index in [0.717, 1.165) is 5.56 Å². The van der Waals surface area contributed by atoms with Gasteiger partial charge in [0.25, 0.3) is 5.91 Å². The zero-order valence-electron chi connectivity index (χ0n) is 15.6. The predicted molar refractivity (Wildman–Crippen MR) is 107 cm³/mol. The maximum absolute atomic E-state index is 12.8. The van der Waals surface area contributed by atoms with Crippen LogP contribution in [0.2, 0.25) is 0 Å². The van der Waals surface area contributed by atoms with Crippen molar-refractivity contribution in [1.82, 2.24) is 10.2 Å². The highest BCUT2D eigenvalue weighted by molar-refractivity contribution is 5.97. The summed E-state index contributed by atoms with van der Waals surface area (Å²) in [5, 5.41) is 21.0. The Hall–Kier alpha value is -3.85. The second kappa shape index (κ2) is 8.44. The number of nitrogen functional groups attached to an aromatic ring is 1. The maximum Gasteiger partial charge on any atom is 0.356 e. The number of nitrogens with zero attached hydrogens (tertiary/aromatic N) is 1. The van der Waals surface area contributed by atoms with Gasteiger partial charge in [0.15, 0.2) is 0 Å². The van der Waals surface area contributed by atoms with Gasteiger partial charge in [-0.25, -0.2) is 4.79 Å². The van der Waals surface area contributed by atoms with Crippen LogP contribution in [0.15, 0.2) is 60.4 Å². The maximum atomic E-state index is 12.8. The molecule has 1 atom stereocenters. The summed E-state index contributed by atoms with van der Waals surface area (Å²) in [4.78, 5) is 26.5. The molecule has 1 heterocycles. The molecule has 0 saturated carbocycles. The van der Waals surface area contributed by atoms with Crippen LogP contribution >= 0.6 is 0 Å². The lowest BCUT2D eigenvalue weighted by atomic mass is 10.0. The zero-order valence-corrected chi connectivity index (χ0v) is 15.6. The number of rotatable bonds is 6. The van der Waals surface area contributed by atoms with E-state index < -0.39 is 17.9 Å². The Labute approximate surface area is 167 Å². The van der Waals surface area contributed by atoms with Gasteiger partial charge < -0.3 is 31.4 Å². The first-order valence-corrected chi connectivity index (χ1v) is 8.71. The SMILES string of the molecule is COC(=O)C1=CN(Cc2cccc(C(=N)N)c2)C(c2ccc(N[O-])cc2)C(=O)N1. The summed E-state index contributed by atoms with van der Waals surface area (Å²) < 4.78 is 4.72. The first-order chi connectivity index (χ1) is 13.9. The molecule has 2 aromatic carbocycles. The molecule has 3 rings (SSSR count). The highest BCUT2D eigenvalue weighted by Gasteiger charge is 2.33. The fraction of sp³-hybridized carbons (Fsp3) is 0.150. The third-order valence-electron chi connectivity index (χ3n) is 4.49. The van der Waals surface area contributed by atoms with Crippen molar-refractivity contribution < 1.29 is 14.3 Å². The van der Waals surface area contributed by atoms with Crippen LogP contribution in [0.25, 0.3) is 0 Å². The number of amidine groups is 1. The van der Waals surface area contributed by atoms with Gasteiger partial charge in [0.2, 0.25) is 0 Å². The highest BCUT2D eigenvalue weighted by atomic mass is 16.5. The molecule has 1 amide bonds. The van der Waals surface area contributed by atoms with E-state index in [2.05, 4.69) is 5.32 Å². The monoisotopic (exact) mass is 394 g/mol. The number of benzene rings is 2. The minimum absolute atomic E-state index is 0.0225. The van der Waals surface area contributed by atoms with Crippen LogP contribution in [-0.2, 0) is 20.9 Å². The van der Waals surface area contributed by atoms with Gasteiger partial charge in [0, 0.05) is 24.0 Å². The number of methoxy groups -OCH3 is 1. The van der Waals surface area contributed by atoms with Crippen molar-refractivity contribution in [2.75, 3.05) is 12.6 Å². The average Bonchev–Trinajstić information content (AvgIpc) is 2.73. The number of hydrogen-bond donors (Lipinski definition) is 4. The Balaban J connectivity index is 1.99. The molecule has 0 radical (unpaired) electrons. The molecular weight excluding hydrogens is 374 g/mol. The van der Waals surface area contributed by atoms with Crippen molar-refractivity contribution in [3.63, 3.8) is 0 Å². The van der Waals surface area contributed by atoms with Gasteiger partial charge in [0.05, 0.1) is 7.11 Å². The van der Waals surface area contributed by atoms with Gasteiger partial charge in [0.1, 0.15) is 17.6 Å². The van der Waals surface area contributed by atoms with Crippen molar-refractivity contribution in [1.29, 1.82) is 5.41 Å². The molecule has 1 unspecified atom stereocenters. The van der Waals surface area contributed by atoms with Crippen LogP contribution in [-0.4, -0.2) is 29.7 Å². The van der Waals surface area contributed by atoms with E-state index in [1.54, 1.807) is 52.8 Å². The number of nitrogens with one attached hydrogen (secondary N) is 3. The number of esters is 1. The van der Waals surface area contributed by atoms with E-state index in [0.29, 0.717) is 16.8 Å². The van der Waals surface area contributed by atoms with Crippen LogP contribution in [0.3, 0.4) is 0 Å². The van der Waals surface area contributed by atoms with Crippen molar-refractivity contribution in [3.8, 4) is 0 Å². The largest absolute Gasteiger partial charge is 0.761 e. The van der Waals surface area contributed by atoms with E-state index >= 15 is 0 Å². The summed E-state index contributed by atoms with van der Waals surface area (Å²) in [6.07, 6.45) is 1.53. The minimum Gasteiger partial charge on any atom is -0.761 e.